The van der Waals surface area contributed by atoms with E-state index in [4.69, 9.17) is 23.8 Å². The fourth-order valence-electron chi connectivity index (χ4n) is 2.02. The molecule has 0 bridgehead atoms. The van der Waals surface area contributed by atoms with E-state index in [0.29, 0.717) is 0 Å². The molecule has 2 nitrogen and oxygen atoms in total. The van der Waals surface area contributed by atoms with E-state index in [1.165, 1.54) is 10.6 Å². The number of H-pyrrole nitrogens is 1. The van der Waals surface area contributed by atoms with Gasteiger partial charge in [-0.15, -0.1) is 11.3 Å². The predicted molar refractivity (Wildman–Crippen MR) is 81.5 cm³/mol. The van der Waals surface area contributed by atoms with Gasteiger partial charge in [-0.1, -0.05) is 32.4 Å². The SMILES string of the molecule is CC(c1ccc(Cl)s1)n1c(C(C)(C)C)c[nH]c1=S. The molecule has 2 aromatic rings. The van der Waals surface area contributed by atoms with E-state index < -0.39 is 0 Å². The average molecular weight is 301 g/mol. The number of nitrogens with zero attached hydrogens (tertiary/aromatic N) is 1. The van der Waals surface area contributed by atoms with E-state index in [0.717, 1.165) is 9.11 Å². The molecule has 0 aromatic carbocycles. The third kappa shape index (κ3) is 2.56. The fourth-order valence-corrected chi connectivity index (χ4v) is 3.44. The molecular weight excluding hydrogens is 284 g/mol. The van der Waals surface area contributed by atoms with E-state index >= 15 is 0 Å². The first kappa shape index (κ1) is 13.8. The summed E-state index contributed by atoms with van der Waals surface area (Å²) in [7, 11) is 0. The van der Waals surface area contributed by atoms with Gasteiger partial charge in [0, 0.05) is 22.2 Å². The number of hydrogen-bond acceptors (Lipinski definition) is 2. The first-order valence-corrected chi connectivity index (χ1v) is 7.46. The number of thiophene rings is 1. The van der Waals surface area contributed by atoms with Gasteiger partial charge in [0.25, 0.3) is 0 Å². The molecule has 0 radical (unpaired) electrons. The summed E-state index contributed by atoms with van der Waals surface area (Å²) >= 11 is 13.0. The van der Waals surface area contributed by atoms with Crippen molar-refractivity contribution >= 4 is 35.2 Å². The standard InChI is InChI=1S/C13H17ClN2S2/c1-8(9-5-6-11(14)18-9)16-10(13(2,3)4)7-15-12(16)17/h5-8H,1-4H3,(H,15,17). The van der Waals surface area contributed by atoms with E-state index in [1.54, 1.807) is 11.3 Å². The van der Waals surface area contributed by atoms with Crippen molar-refractivity contribution in [3.63, 3.8) is 0 Å². The topological polar surface area (TPSA) is 20.7 Å². The quantitative estimate of drug-likeness (QED) is 0.759. The average Bonchev–Trinajstić information content (AvgIpc) is 2.82. The van der Waals surface area contributed by atoms with Crippen LogP contribution in [0.15, 0.2) is 18.3 Å². The molecule has 0 aliphatic heterocycles. The zero-order valence-corrected chi connectivity index (χ0v) is 13.3. The maximum Gasteiger partial charge on any atom is 0.177 e. The van der Waals surface area contributed by atoms with E-state index in [9.17, 15) is 0 Å². The number of aromatic amines is 1. The van der Waals surface area contributed by atoms with Crippen LogP contribution in [-0.2, 0) is 5.41 Å². The second kappa shape index (κ2) is 4.83. The summed E-state index contributed by atoms with van der Waals surface area (Å²) in [6.07, 6.45) is 2.01. The third-order valence-corrected chi connectivity index (χ3v) is 4.69. The Morgan fingerprint density at radius 1 is 1.39 bits per heavy atom. The Labute approximate surface area is 122 Å². The van der Waals surface area contributed by atoms with Gasteiger partial charge >= 0.3 is 0 Å². The second-order valence-corrected chi connectivity index (χ2v) is 7.55. The number of nitrogens with one attached hydrogen (secondary N) is 1. The third-order valence-electron chi connectivity index (χ3n) is 2.97. The number of hydrogen-bond donors (Lipinski definition) is 1. The van der Waals surface area contributed by atoms with Crippen LogP contribution in [0, 0.1) is 4.77 Å². The maximum atomic E-state index is 6.01. The lowest BCUT2D eigenvalue weighted by Crippen LogP contribution is -2.20. The van der Waals surface area contributed by atoms with Crippen LogP contribution >= 0.6 is 35.2 Å². The Morgan fingerprint density at radius 2 is 2.06 bits per heavy atom. The van der Waals surface area contributed by atoms with Gasteiger partial charge in [-0.2, -0.15) is 0 Å². The first-order chi connectivity index (χ1) is 8.30. The lowest BCUT2D eigenvalue weighted by molar-refractivity contribution is 0.498. The van der Waals surface area contributed by atoms with Gasteiger partial charge in [-0.05, 0) is 31.3 Å². The minimum absolute atomic E-state index is 0.0584. The van der Waals surface area contributed by atoms with Gasteiger partial charge in [0.2, 0.25) is 0 Å². The Kier molecular flexibility index (Phi) is 3.72. The molecule has 18 heavy (non-hydrogen) atoms. The summed E-state index contributed by atoms with van der Waals surface area (Å²) < 4.78 is 3.76. The number of imidazole rings is 1. The molecular formula is C13H17ClN2S2. The Bertz CT molecular complexity index is 601. The molecule has 1 unspecified atom stereocenters. The lowest BCUT2D eigenvalue weighted by Gasteiger charge is -2.24. The van der Waals surface area contributed by atoms with Gasteiger partial charge in [0.05, 0.1) is 10.4 Å². The molecule has 1 N–H and O–H groups in total. The minimum atomic E-state index is 0.0584. The van der Waals surface area contributed by atoms with Gasteiger partial charge in [-0.25, -0.2) is 0 Å². The maximum absolute atomic E-state index is 6.01. The van der Waals surface area contributed by atoms with Crippen molar-refractivity contribution < 1.29 is 0 Å². The largest absolute Gasteiger partial charge is 0.337 e. The molecule has 1 atom stereocenters. The Morgan fingerprint density at radius 3 is 2.56 bits per heavy atom. The number of rotatable bonds is 2. The summed E-state index contributed by atoms with van der Waals surface area (Å²) in [5, 5.41) is 0. The van der Waals surface area contributed by atoms with Crippen LogP contribution in [0.5, 0.6) is 0 Å². The van der Waals surface area contributed by atoms with Crippen molar-refractivity contribution in [3.05, 3.63) is 38.0 Å². The number of aromatic nitrogens is 2. The van der Waals surface area contributed by atoms with Crippen molar-refractivity contribution in [1.29, 1.82) is 0 Å². The summed E-state index contributed by atoms with van der Waals surface area (Å²) in [5.41, 5.74) is 1.27. The van der Waals surface area contributed by atoms with Gasteiger partial charge in [0.15, 0.2) is 4.77 Å². The number of halogens is 1. The van der Waals surface area contributed by atoms with Gasteiger partial charge in [0.1, 0.15) is 0 Å². The lowest BCUT2D eigenvalue weighted by atomic mass is 9.92. The van der Waals surface area contributed by atoms with E-state index in [1.807, 2.05) is 12.3 Å². The Balaban J connectivity index is 2.51. The highest BCUT2D eigenvalue weighted by Gasteiger charge is 2.23. The highest BCUT2D eigenvalue weighted by Crippen LogP contribution is 2.33. The van der Waals surface area contributed by atoms with Crippen LogP contribution in [0.2, 0.25) is 4.34 Å². The molecule has 2 aromatic heterocycles. The zero-order valence-electron chi connectivity index (χ0n) is 11.0. The highest BCUT2D eigenvalue weighted by atomic mass is 35.5. The highest BCUT2D eigenvalue weighted by molar-refractivity contribution is 7.71. The normalized spacial score (nSPS) is 13.8. The van der Waals surface area contributed by atoms with Crippen molar-refractivity contribution in [2.75, 3.05) is 0 Å². The first-order valence-electron chi connectivity index (χ1n) is 5.86. The molecule has 0 fully saturated rings. The smallest absolute Gasteiger partial charge is 0.177 e. The fraction of sp³-hybridized carbons (Fsp3) is 0.462. The van der Waals surface area contributed by atoms with E-state index in [-0.39, 0.29) is 11.5 Å². The summed E-state index contributed by atoms with van der Waals surface area (Å²) in [6.45, 7) is 8.72. The van der Waals surface area contributed by atoms with Crippen LogP contribution in [0.1, 0.15) is 44.3 Å². The van der Waals surface area contributed by atoms with Crippen LogP contribution in [0.4, 0.5) is 0 Å². The van der Waals surface area contributed by atoms with E-state index in [2.05, 4.69) is 43.3 Å². The summed E-state index contributed by atoms with van der Waals surface area (Å²) in [4.78, 5) is 4.37. The molecule has 0 aliphatic carbocycles. The van der Waals surface area contributed by atoms with Gasteiger partial charge in [-0.3, -0.25) is 0 Å². The minimum Gasteiger partial charge on any atom is -0.337 e. The van der Waals surface area contributed by atoms with Crippen molar-refractivity contribution in [2.24, 2.45) is 0 Å². The molecule has 2 heterocycles. The molecule has 5 heteroatoms. The van der Waals surface area contributed by atoms with Crippen LogP contribution in [-0.4, -0.2) is 9.55 Å². The van der Waals surface area contributed by atoms with Crippen LogP contribution in [0.25, 0.3) is 0 Å². The van der Waals surface area contributed by atoms with Crippen molar-refractivity contribution in [3.8, 4) is 0 Å². The Hall–Kier alpha value is -0.580. The van der Waals surface area contributed by atoms with Crippen LogP contribution in [0.3, 0.4) is 0 Å². The zero-order chi connectivity index (χ0) is 13.5. The second-order valence-electron chi connectivity index (χ2n) is 5.42. The molecule has 0 saturated carbocycles. The molecule has 98 valence electrons. The monoisotopic (exact) mass is 300 g/mol. The summed E-state index contributed by atoms with van der Waals surface area (Å²) in [5.74, 6) is 0. The predicted octanol–water partition coefficient (Wildman–Crippen LogP) is 5.17. The molecule has 0 aliphatic rings. The van der Waals surface area contributed by atoms with Gasteiger partial charge < -0.3 is 9.55 Å². The molecule has 0 saturated heterocycles. The van der Waals surface area contributed by atoms with Crippen LogP contribution < -0.4 is 0 Å². The molecule has 0 amide bonds. The van der Waals surface area contributed by atoms with Crippen molar-refractivity contribution in [2.45, 2.75) is 39.2 Å². The molecule has 2 rings (SSSR count). The molecule has 0 spiro atoms. The van der Waals surface area contributed by atoms with Crippen molar-refractivity contribution in [1.82, 2.24) is 9.55 Å². The summed E-state index contributed by atoms with van der Waals surface area (Å²) in [6, 6.07) is 4.21.